The Hall–Kier alpha value is -2.67. The summed E-state index contributed by atoms with van der Waals surface area (Å²) in [5, 5.41) is 2.81. The van der Waals surface area contributed by atoms with E-state index >= 15 is 0 Å². The average Bonchev–Trinajstić information content (AvgIpc) is 2.60. The first-order chi connectivity index (χ1) is 12.7. The highest BCUT2D eigenvalue weighted by atomic mass is 32.2. The highest BCUT2D eigenvalue weighted by Crippen LogP contribution is 2.13. The third-order valence-electron chi connectivity index (χ3n) is 3.82. The number of hydrogen-bond acceptors (Lipinski definition) is 3. The van der Waals surface area contributed by atoms with E-state index < -0.39 is 10.0 Å². The first kappa shape index (κ1) is 20.6. The van der Waals surface area contributed by atoms with E-state index in [-0.39, 0.29) is 11.7 Å². The van der Waals surface area contributed by atoms with E-state index in [2.05, 4.69) is 10.0 Å². The van der Waals surface area contributed by atoms with E-state index in [1.807, 2.05) is 12.1 Å². The van der Waals surface area contributed by atoms with Crippen LogP contribution < -0.4 is 10.0 Å². The number of anilines is 1. The second-order valence-corrected chi connectivity index (χ2v) is 8.03. The maximum atomic E-state index is 13.6. The van der Waals surface area contributed by atoms with Crippen molar-refractivity contribution in [1.82, 2.24) is 5.32 Å². The SMILES string of the molecule is C/C(=C\c1ccccc1F)C(=O)NCCCc1ccc(NS(C)(=O)=O)cc1. The molecule has 2 N–H and O–H groups in total. The molecule has 0 radical (unpaired) electrons. The fourth-order valence-electron chi connectivity index (χ4n) is 2.48. The zero-order chi connectivity index (χ0) is 19.9. The molecule has 2 aromatic rings. The molecule has 0 saturated heterocycles. The Morgan fingerprint density at radius 3 is 2.41 bits per heavy atom. The molecule has 0 unspecified atom stereocenters. The third-order valence-corrected chi connectivity index (χ3v) is 4.43. The maximum absolute atomic E-state index is 13.6. The van der Waals surface area contributed by atoms with E-state index in [9.17, 15) is 17.6 Å². The zero-order valence-corrected chi connectivity index (χ0v) is 16.1. The van der Waals surface area contributed by atoms with Gasteiger partial charge >= 0.3 is 0 Å². The molecular formula is C20H23FN2O3S. The number of rotatable bonds is 8. The van der Waals surface area contributed by atoms with Crippen LogP contribution in [0.1, 0.15) is 24.5 Å². The summed E-state index contributed by atoms with van der Waals surface area (Å²) < 4.78 is 38.4. The molecule has 0 saturated carbocycles. The summed E-state index contributed by atoms with van der Waals surface area (Å²) in [6, 6.07) is 13.4. The highest BCUT2D eigenvalue weighted by molar-refractivity contribution is 7.92. The molecule has 0 aliphatic rings. The van der Waals surface area contributed by atoms with Gasteiger partial charge in [-0.2, -0.15) is 0 Å². The highest BCUT2D eigenvalue weighted by Gasteiger charge is 2.06. The summed E-state index contributed by atoms with van der Waals surface area (Å²) in [7, 11) is -3.28. The second kappa shape index (κ2) is 9.32. The van der Waals surface area contributed by atoms with Gasteiger partial charge in [0.25, 0.3) is 0 Å². The van der Waals surface area contributed by atoms with E-state index in [0.29, 0.717) is 23.4 Å². The summed E-state index contributed by atoms with van der Waals surface area (Å²) in [5.74, 6) is -0.593. The molecule has 7 heteroatoms. The fraction of sp³-hybridized carbons (Fsp3) is 0.250. The van der Waals surface area contributed by atoms with Gasteiger partial charge in [0.2, 0.25) is 15.9 Å². The molecule has 0 bridgehead atoms. The number of nitrogens with one attached hydrogen (secondary N) is 2. The fourth-order valence-corrected chi connectivity index (χ4v) is 3.04. The molecule has 2 rings (SSSR count). The lowest BCUT2D eigenvalue weighted by Crippen LogP contribution is -2.25. The number of amides is 1. The lowest BCUT2D eigenvalue weighted by molar-refractivity contribution is -0.117. The Kier molecular flexibility index (Phi) is 7.12. The Bertz CT molecular complexity index is 922. The minimum Gasteiger partial charge on any atom is -0.352 e. The summed E-state index contributed by atoms with van der Waals surface area (Å²) >= 11 is 0. The lowest BCUT2D eigenvalue weighted by atomic mass is 10.1. The quantitative estimate of drug-likeness (QED) is 0.536. The Morgan fingerprint density at radius 1 is 1.11 bits per heavy atom. The molecule has 0 aromatic heterocycles. The van der Waals surface area contributed by atoms with Gasteiger partial charge in [-0.15, -0.1) is 0 Å². The third kappa shape index (κ3) is 7.22. The summed E-state index contributed by atoms with van der Waals surface area (Å²) in [6.07, 6.45) is 4.11. The topological polar surface area (TPSA) is 75.3 Å². The molecule has 5 nitrogen and oxygen atoms in total. The summed E-state index contributed by atoms with van der Waals surface area (Å²) in [6.45, 7) is 2.14. The summed E-state index contributed by atoms with van der Waals surface area (Å²) in [4.78, 5) is 12.1. The van der Waals surface area contributed by atoms with E-state index in [0.717, 1.165) is 24.7 Å². The molecule has 0 fully saturated rings. The van der Waals surface area contributed by atoms with Gasteiger partial charge < -0.3 is 5.32 Å². The van der Waals surface area contributed by atoms with E-state index in [1.54, 1.807) is 37.3 Å². The minimum atomic E-state index is -3.28. The number of sulfonamides is 1. The average molecular weight is 390 g/mol. The molecule has 2 aromatic carbocycles. The predicted molar refractivity (Wildman–Crippen MR) is 106 cm³/mol. The smallest absolute Gasteiger partial charge is 0.246 e. The molecule has 1 amide bonds. The van der Waals surface area contributed by atoms with Crippen LogP contribution in [0.25, 0.3) is 6.08 Å². The normalized spacial score (nSPS) is 11.9. The Morgan fingerprint density at radius 2 is 1.78 bits per heavy atom. The molecule has 0 heterocycles. The molecule has 27 heavy (non-hydrogen) atoms. The number of halogens is 1. The lowest BCUT2D eigenvalue weighted by Gasteiger charge is -2.07. The molecule has 144 valence electrons. The second-order valence-electron chi connectivity index (χ2n) is 6.28. The van der Waals surface area contributed by atoms with Gasteiger partial charge in [0, 0.05) is 23.4 Å². The number of aryl methyl sites for hydroxylation is 1. The minimum absolute atomic E-state index is 0.231. The van der Waals surface area contributed by atoms with Gasteiger partial charge in [0.05, 0.1) is 6.26 Å². The maximum Gasteiger partial charge on any atom is 0.246 e. The van der Waals surface area contributed by atoms with Gasteiger partial charge in [0.15, 0.2) is 0 Å². The molecule has 0 aliphatic heterocycles. The van der Waals surface area contributed by atoms with Crippen LogP contribution in [-0.4, -0.2) is 27.1 Å². The van der Waals surface area contributed by atoms with Crippen molar-refractivity contribution in [2.45, 2.75) is 19.8 Å². The van der Waals surface area contributed by atoms with Gasteiger partial charge in [-0.3, -0.25) is 9.52 Å². The van der Waals surface area contributed by atoms with Crippen LogP contribution in [0.2, 0.25) is 0 Å². The first-order valence-electron chi connectivity index (χ1n) is 8.52. The van der Waals surface area contributed by atoms with Gasteiger partial charge in [-0.25, -0.2) is 12.8 Å². The largest absolute Gasteiger partial charge is 0.352 e. The Balaban J connectivity index is 1.79. The molecule has 0 atom stereocenters. The summed E-state index contributed by atoms with van der Waals surface area (Å²) in [5.41, 5.74) is 2.38. The van der Waals surface area contributed by atoms with Crippen molar-refractivity contribution in [1.29, 1.82) is 0 Å². The van der Waals surface area contributed by atoms with Crippen molar-refractivity contribution in [3.63, 3.8) is 0 Å². The van der Waals surface area contributed by atoms with Crippen molar-refractivity contribution in [2.75, 3.05) is 17.5 Å². The monoisotopic (exact) mass is 390 g/mol. The van der Waals surface area contributed by atoms with Crippen LogP contribution in [-0.2, 0) is 21.2 Å². The molecule has 0 aliphatic carbocycles. The van der Waals surface area contributed by atoms with Crippen LogP contribution in [0.3, 0.4) is 0 Å². The Labute approximate surface area is 159 Å². The van der Waals surface area contributed by atoms with E-state index in [1.165, 1.54) is 12.1 Å². The van der Waals surface area contributed by atoms with Crippen LogP contribution in [0.4, 0.5) is 10.1 Å². The number of hydrogen-bond donors (Lipinski definition) is 2. The molecular weight excluding hydrogens is 367 g/mol. The van der Waals surface area contributed by atoms with E-state index in [4.69, 9.17) is 0 Å². The zero-order valence-electron chi connectivity index (χ0n) is 15.3. The van der Waals surface area contributed by atoms with Crippen molar-refractivity contribution < 1.29 is 17.6 Å². The van der Waals surface area contributed by atoms with Gasteiger partial charge in [0.1, 0.15) is 5.82 Å². The van der Waals surface area contributed by atoms with Crippen LogP contribution >= 0.6 is 0 Å². The molecule has 0 spiro atoms. The number of carbonyl (C=O) groups excluding carboxylic acids is 1. The van der Waals surface area contributed by atoms with Gasteiger partial charge in [-0.1, -0.05) is 30.3 Å². The van der Waals surface area contributed by atoms with Crippen molar-refractivity contribution >= 4 is 27.7 Å². The standard InChI is InChI=1S/C20H23FN2O3S/c1-15(14-17-7-3-4-8-19(17)21)20(24)22-13-5-6-16-9-11-18(12-10-16)23-27(2,25)26/h3-4,7-12,14,23H,5-6,13H2,1-2H3,(H,22,24)/b15-14+. The van der Waals surface area contributed by atoms with Crippen LogP contribution in [0.5, 0.6) is 0 Å². The predicted octanol–water partition coefficient (Wildman–Crippen LogP) is 3.35. The number of benzene rings is 2. The van der Waals surface area contributed by atoms with Gasteiger partial charge in [-0.05, 0) is 49.6 Å². The van der Waals surface area contributed by atoms with Crippen molar-refractivity contribution in [2.24, 2.45) is 0 Å². The van der Waals surface area contributed by atoms with Crippen molar-refractivity contribution in [3.8, 4) is 0 Å². The van der Waals surface area contributed by atoms with Crippen LogP contribution in [0.15, 0.2) is 54.1 Å². The first-order valence-corrected chi connectivity index (χ1v) is 10.4. The van der Waals surface area contributed by atoms with Crippen LogP contribution in [0, 0.1) is 5.82 Å². The number of carbonyl (C=O) groups is 1. The van der Waals surface area contributed by atoms with Crippen molar-refractivity contribution in [3.05, 3.63) is 71.0 Å².